The minimum absolute atomic E-state index is 0.0940. The van der Waals surface area contributed by atoms with Crippen molar-refractivity contribution in [3.8, 4) is 0 Å². The van der Waals surface area contributed by atoms with Gasteiger partial charge in [0.05, 0.1) is 17.9 Å². The summed E-state index contributed by atoms with van der Waals surface area (Å²) in [5.74, 6) is -0.382. The highest BCUT2D eigenvalue weighted by atomic mass is 32.1. The maximum Gasteiger partial charge on any atom is 0.188 e. The number of rotatable bonds is 3. The molecule has 0 aliphatic carbocycles. The molecule has 16 heavy (non-hydrogen) atoms. The van der Waals surface area contributed by atoms with Crippen LogP contribution >= 0.6 is 11.7 Å². The molecule has 5 heteroatoms. The Morgan fingerprint density at radius 3 is 2.94 bits per heavy atom. The van der Waals surface area contributed by atoms with Crippen LogP contribution in [0, 0.1) is 12.7 Å². The van der Waals surface area contributed by atoms with E-state index in [1.807, 2.05) is 0 Å². The van der Waals surface area contributed by atoms with E-state index >= 15 is 0 Å². The fourth-order valence-electron chi connectivity index (χ4n) is 1.41. The number of nitrogens with zero attached hydrogens (tertiary/aromatic N) is 2. The van der Waals surface area contributed by atoms with Crippen LogP contribution in [0.3, 0.4) is 0 Å². The molecular formula is C11H9FN2OS. The molecule has 0 N–H and O–H groups in total. The molecule has 0 atom stereocenters. The molecule has 2 aromatic rings. The van der Waals surface area contributed by atoms with E-state index in [0.29, 0.717) is 5.69 Å². The van der Waals surface area contributed by atoms with E-state index in [9.17, 15) is 9.18 Å². The fourth-order valence-corrected chi connectivity index (χ4v) is 1.84. The molecule has 0 spiro atoms. The molecule has 0 saturated carbocycles. The van der Waals surface area contributed by atoms with Crippen molar-refractivity contribution in [2.24, 2.45) is 0 Å². The van der Waals surface area contributed by atoms with Crippen molar-refractivity contribution in [1.29, 1.82) is 0 Å². The van der Waals surface area contributed by atoms with Gasteiger partial charge in [-0.15, -0.1) is 0 Å². The van der Waals surface area contributed by atoms with Gasteiger partial charge < -0.3 is 0 Å². The molecule has 1 heterocycles. The highest BCUT2D eigenvalue weighted by Gasteiger charge is 2.11. The van der Waals surface area contributed by atoms with Gasteiger partial charge in [0.25, 0.3) is 0 Å². The number of hydrogen-bond donors (Lipinski definition) is 0. The van der Waals surface area contributed by atoms with Crippen LogP contribution in [0.5, 0.6) is 0 Å². The lowest BCUT2D eigenvalue weighted by Crippen LogP contribution is -2.05. The largest absolute Gasteiger partial charge is 0.292 e. The number of benzene rings is 1. The van der Waals surface area contributed by atoms with E-state index < -0.39 is 0 Å². The molecule has 82 valence electrons. The predicted octanol–water partition coefficient (Wildman–Crippen LogP) is 2.41. The summed E-state index contributed by atoms with van der Waals surface area (Å²) >= 11 is 1.00. The topological polar surface area (TPSA) is 42.9 Å². The molecule has 0 fully saturated rings. The Bertz CT molecular complexity index is 511. The molecule has 0 amide bonds. The smallest absolute Gasteiger partial charge is 0.188 e. The molecule has 0 saturated heterocycles. The maximum absolute atomic E-state index is 12.9. The van der Waals surface area contributed by atoms with Crippen LogP contribution in [0.15, 0.2) is 24.4 Å². The Balaban J connectivity index is 2.18. The van der Waals surface area contributed by atoms with E-state index in [4.69, 9.17) is 0 Å². The van der Waals surface area contributed by atoms with Gasteiger partial charge in [0.15, 0.2) is 5.78 Å². The van der Waals surface area contributed by atoms with Gasteiger partial charge in [-0.1, -0.05) is 6.07 Å². The van der Waals surface area contributed by atoms with Gasteiger partial charge in [0.2, 0.25) is 0 Å². The van der Waals surface area contributed by atoms with Crippen molar-refractivity contribution in [1.82, 2.24) is 8.75 Å². The van der Waals surface area contributed by atoms with Gasteiger partial charge in [-0.3, -0.25) is 4.79 Å². The quantitative estimate of drug-likeness (QED) is 0.768. The van der Waals surface area contributed by atoms with Crippen molar-refractivity contribution in [2.45, 2.75) is 13.3 Å². The first-order chi connectivity index (χ1) is 7.66. The molecule has 2 rings (SSSR count). The van der Waals surface area contributed by atoms with Crippen LogP contribution in [0.2, 0.25) is 0 Å². The molecule has 0 bridgehead atoms. The summed E-state index contributed by atoms with van der Waals surface area (Å²) in [4.78, 5) is 11.7. The second kappa shape index (κ2) is 4.49. The number of hydrogen-bond acceptors (Lipinski definition) is 4. The third-order valence-electron chi connectivity index (χ3n) is 2.30. The van der Waals surface area contributed by atoms with Crippen molar-refractivity contribution < 1.29 is 9.18 Å². The van der Waals surface area contributed by atoms with Gasteiger partial charge in [-0.2, -0.15) is 8.75 Å². The maximum atomic E-state index is 12.9. The standard InChI is InChI=1S/C11H9FN2OS/c1-7-4-9(12)3-2-8(7)5-11(15)10-6-13-16-14-10/h2-4,6H,5H2,1H3. The molecule has 0 aliphatic rings. The van der Waals surface area contributed by atoms with Crippen LogP contribution in [-0.4, -0.2) is 14.5 Å². The number of carbonyl (C=O) groups excluding carboxylic acids is 1. The number of aromatic nitrogens is 2. The zero-order valence-corrected chi connectivity index (χ0v) is 9.42. The Labute approximate surface area is 96.3 Å². The van der Waals surface area contributed by atoms with Crippen molar-refractivity contribution in [3.63, 3.8) is 0 Å². The van der Waals surface area contributed by atoms with Crippen LogP contribution < -0.4 is 0 Å². The lowest BCUT2D eigenvalue weighted by Gasteiger charge is -2.03. The van der Waals surface area contributed by atoms with E-state index in [0.717, 1.165) is 22.9 Å². The average molecular weight is 236 g/mol. The summed E-state index contributed by atoms with van der Waals surface area (Å²) in [5, 5.41) is 0. The van der Waals surface area contributed by atoms with E-state index in [-0.39, 0.29) is 18.0 Å². The van der Waals surface area contributed by atoms with Crippen molar-refractivity contribution >= 4 is 17.5 Å². The van der Waals surface area contributed by atoms with Crippen molar-refractivity contribution in [3.05, 3.63) is 47.0 Å². The monoisotopic (exact) mass is 236 g/mol. The summed E-state index contributed by atoms with van der Waals surface area (Å²) in [7, 11) is 0. The number of halogens is 1. The fraction of sp³-hybridized carbons (Fsp3) is 0.182. The van der Waals surface area contributed by atoms with Crippen LogP contribution in [0.1, 0.15) is 21.6 Å². The first-order valence-electron chi connectivity index (χ1n) is 4.72. The number of carbonyl (C=O) groups is 1. The number of ketones is 1. The SMILES string of the molecule is Cc1cc(F)ccc1CC(=O)c1cnsn1. The van der Waals surface area contributed by atoms with Crippen LogP contribution in [-0.2, 0) is 6.42 Å². The summed E-state index contributed by atoms with van der Waals surface area (Å²) < 4.78 is 20.5. The average Bonchev–Trinajstić information content (AvgIpc) is 2.75. The molecule has 1 aromatic carbocycles. The van der Waals surface area contributed by atoms with Crippen LogP contribution in [0.25, 0.3) is 0 Å². The third-order valence-corrected chi connectivity index (χ3v) is 2.78. The molecule has 3 nitrogen and oxygen atoms in total. The van der Waals surface area contributed by atoms with Gasteiger partial charge in [-0.25, -0.2) is 4.39 Å². The van der Waals surface area contributed by atoms with Crippen LogP contribution in [0.4, 0.5) is 4.39 Å². The minimum Gasteiger partial charge on any atom is -0.292 e. The molecular weight excluding hydrogens is 227 g/mol. The predicted molar refractivity (Wildman–Crippen MR) is 59.1 cm³/mol. The van der Waals surface area contributed by atoms with Gasteiger partial charge >= 0.3 is 0 Å². The second-order valence-corrected chi connectivity index (χ2v) is 4.02. The lowest BCUT2D eigenvalue weighted by atomic mass is 10.0. The number of Topliss-reactive ketones (excluding diaryl/α,β-unsaturated/α-hetero) is 1. The second-order valence-electron chi connectivity index (χ2n) is 3.46. The Morgan fingerprint density at radius 2 is 2.31 bits per heavy atom. The molecule has 0 unspecified atom stereocenters. The zero-order chi connectivity index (χ0) is 11.5. The summed E-state index contributed by atoms with van der Waals surface area (Å²) in [6.45, 7) is 1.78. The minimum atomic E-state index is -0.288. The zero-order valence-electron chi connectivity index (χ0n) is 8.61. The first kappa shape index (κ1) is 10.9. The highest BCUT2D eigenvalue weighted by Crippen LogP contribution is 2.13. The Kier molecular flexibility index (Phi) is 3.05. The molecule has 1 aromatic heterocycles. The number of aryl methyl sites for hydroxylation is 1. The first-order valence-corrected chi connectivity index (χ1v) is 5.45. The Morgan fingerprint density at radius 1 is 1.50 bits per heavy atom. The summed E-state index contributed by atoms with van der Waals surface area (Å²) in [6.07, 6.45) is 1.68. The highest BCUT2D eigenvalue weighted by molar-refractivity contribution is 6.99. The van der Waals surface area contributed by atoms with Gasteiger partial charge in [0, 0.05) is 6.42 Å². The third kappa shape index (κ3) is 2.30. The van der Waals surface area contributed by atoms with E-state index in [2.05, 4.69) is 8.75 Å². The van der Waals surface area contributed by atoms with Gasteiger partial charge in [-0.05, 0) is 30.2 Å². The summed E-state index contributed by atoms with van der Waals surface area (Å²) in [5.41, 5.74) is 1.96. The molecule has 0 aliphatic heterocycles. The normalized spacial score (nSPS) is 10.4. The Hall–Kier alpha value is -1.62. The summed E-state index contributed by atoms with van der Waals surface area (Å²) in [6, 6.07) is 4.40. The van der Waals surface area contributed by atoms with Crippen molar-refractivity contribution in [2.75, 3.05) is 0 Å². The van der Waals surface area contributed by atoms with Gasteiger partial charge in [0.1, 0.15) is 11.5 Å². The lowest BCUT2D eigenvalue weighted by molar-refractivity contribution is 0.0989. The molecule has 0 radical (unpaired) electrons. The van der Waals surface area contributed by atoms with E-state index in [1.54, 1.807) is 13.0 Å². The van der Waals surface area contributed by atoms with E-state index in [1.165, 1.54) is 18.3 Å².